The molecule has 0 unspecified atom stereocenters. The van der Waals surface area contributed by atoms with Crippen LogP contribution in [0.3, 0.4) is 0 Å². The Bertz CT molecular complexity index is 563. The zero-order valence-corrected chi connectivity index (χ0v) is 13.0. The van der Waals surface area contributed by atoms with Crippen LogP contribution in [0.25, 0.3) is 0 Å². The summed E-state index contributed by atoms with van der Waals surface area (Å²) in [6.45, 7) is 2.58. The number of benzene rings is 1. The monoisotopic (exact) mass is 304 g/mol. The Morgan fingerprint density at radius 3 is 2.62 bits per heavy atom. The van der Waals surface area contributed by atoms with Gasteiger partial charge in [0.1, 0.15) is 0 Å². The molecule has 0 amide bonds. The normalized spacial score (nSPS) is 11.4. The van der Waals surface area contributed by atoms with E-state index in [4.69, 9.17) is 11.6 Å². The quantitative estimate of drug-likeness (QED) is 0.636. The molecule has 2 N–H and O–H groups in total. The minimum atomic E-state index is 0.779. The number of hydrogen-bond acceptors (Lipinski definition) is 1. The fourth-order valence-corrected chi connectivity index (χ4v) is 2.27. The second-order valence-electron chi connectivity index (χ2n) is 4.73. The number of guanidine groups is 1. The van der Waals surface area contributed by atoms with Crippen molar-refractivity contribution in [1.82, 2.24) is 15.2 Å². The summed E-state index contributed by atoms with van der Waals surface area (Å²) in [6, 6.07) is 12.0. The molecule has 0 saturated carbocycles. The lowest BCUT2D eigenvalue weighted by atomic mass is 10.1. The third kappa shape index (κ3) is 5.52. The largest absolute Gasteiger partial charge is 0.356 e. The van der Waals surface area contributed by atoms with Gasteiger partial charge in [0.2, 0.25) is 0 Å². The van der Waals surface area contributed by atoms with Gasteiger partial charge in [-0.05, 0) is 36.2 Å². The zero-order chi connectivity index (χ0) is 14.9. The summed E-state index contributed by atoms with van der Waals surface area (Å²) >= 11 is 5.97. The first-order chi connectivity index (χ1) is 10.3. The maximum Gasteiger partial charge on any atom is 0.191 e. The zero-order valence-electron chi connectivity index (χ0n) is 12.2. The minimum Gasteiger partial charge on any atom is -0.356 e. The molecule has 2 aromatic rings. The summed E-state index contributed by atoms with van der Waals surface area (Å²) in [4.78, 5) is 4.21. The van der Waals surface area contributed by atoms with Gasteiger partial charge in [-0.3, -0.25) is 4.99 Å². The van der Waals surface area contributed by atoms with Gasteiger partial charge in [0, 0.05) is 44.1 Å². The van der Waals surface area contributed by atoms with Crippen molar-refractivity contribution in [3.8, 4) is 0 Å². The lowest BCUT2D eigenvalue weighted by Gasteiger charge is -2.12. The van der Waals surface area contributed by atoms with E-state index < -0.39 is 0 Å². The van der Waals surface area contributed by atoms with E-state index in [0.717, 1.165) is 37.0 Å². The van der Waals surface area contributed by atoms with Gasteiger partial charge in [-0.1, -0.05) is 23.7 Å². The Morgan fingerprint density at radius 1 is 1.14 bits per heavy atom. The van der Waals surface area contributed by atoms with Crippen LogP contribution in [0.1, 0.15) is 5.56 Å². The highest BCUT2D eigenvalue weighted by Gasteiger charge is 1.98. The molecule has 4 nitrogen and oxygen atoms in total. The van der Waals surface area contributed by atoms with Gasteiger partial charge in [-0.15, -0.1) is 0 Å². The van der Waals surface area contributed by atoms with Crippen molar-refractivity contribution in [3.05, 3.63) is 59.4 Å². The number of aromatic nitrogens is 1. The maximum atomic E-state index is 5.97. The van der Waals surface area contributed by atoms with Gasteiger partial charge in [0.05, 0.1) is 0 Å². The van der Waals surface area contributed by atoms with Crippen molar-refractivity contribution in [3.63, 3.8) is 0 Å². The average Bonchev–Trinajstić information content (AvgIpc) is 2.99. The number of rotatable bonds is 6. The second-order valence-corrected chi connectivity index (χ2v) is 5.16. The van der Waals surface area contributed by atoms with E-state index in [1.54, 1.807) is 7.05 Å². The SMILES string of the molecule is CN=C(NCCc1cccc(Cl)c1)NCCn1cccc1. The van der Waals surface area contributed by atoms with Crippen molar-refractivity contribution in [2.75, 3.05) is 20.1 Å². The van der Waals surface area contributed by atoms with Crippen molar-refractivity contribution >= 4 is 17.6 Å². The summed E-state index contributed by atoms with van der Waals surface area (Å²) in [5.41, 5.74) is 1.22. The molecule has 1 aromatic heterocycles. The number of aliphatic imine (C=N–C) groups is 1. The molecule has 0 spiro atoms. The first-order valence-electron chi connectivity index (χ1n) is 7.07. The number of nitrogens with zero attached hydrogens (tertiary/aromatic N) is 2. The highest BCUT2D eigenvalue weighted by molar-refractivity contribution is 6.30. The Labute approximate surface area is 130 Å². The van der Waals surface area contributed by atoms with E-state index in [1.807, 2.05) is 30.3 Å². The Kier molecular flexibility index (Phi) is 6.16. The lowest BCUT2D eigenvalue weighted by molar-refractivity contribution is 0.665. The van der Waals surface area contributed by atoms with E-state index in [1.165, 1.54) is 5.56 Å². The molecule has 5 heteroatoms. The molecule has 0 fully saturated rings. The Hall–Kier alpha value is -1.94. The van der Waals surface area contributed by atoms with Crippen LogP contribution in [-0.2, 0) is 13.0 Å². The van der Waals surface area contributed by atoms with Crippen LogP contribution in [0.4, 0.5) is 0 Å². The standard InChI is InChI=1S/C16H21ClN4/c1-18-16(20-9-12-21-10-2-3-11-21)19-8-7-14-5-4-6-15(17)13-14/h2-6,10-11,13H,7-9,12H2,1H3,(H2,18,19,20). The van der Waals surface area contributed by atoms with Crippen molar-refractivity contribution < 1.29 is 0 Å². The van der Waals surface area contributed by atoms with Crippen LogP contribution in [0.15, 0.2) is 53.8 Å². The van der Waals surface area contributed by atoms with Crippen LogP contribution in [0.5, 0.6) is 0 Å². The molecule has 0 atom stereocenters. The predicted octanol–water partition coefficient (Wildman–Crippen LogP) is 2.55. The van der Waals surface area contributed by atoms with Crippen LogP contribution in [0, 0.1) is 0 Å². The van der Waals surface area contributed by atoms with Gasteiger partial charge in [0.15, 0.2) is 5.96 Å². The number of nitrogens with one attached hydrogen (secondary N) is 2. The van der Waals surface area contributed by atoms with E-state index in [2.05, 4.69) is 38.7 Å². The van der Waals surface area contributed by atoms with Crippen LogP contribution >= 0.6 is 11.6 Å². The van der Waals surface area contributed by atoms with E-state index >= 15 is 0 Å². The van der Waals surface area contributed by atoms with Gasteiger partial charge in [-0.2, -0.15) is 0 Å². The Morgan fingerprint density at radius 2 is 1.90 bits per heavy atom. The van der Waals surface area contributed by atoms with Crippen LogP contribution < -0.4 is 10.6 Å². The smallest absolute Gasteiger partial charge is 0.191 e. The minimum absolute atomic E-state index is 0.779. The summed E-state index contributed by atoms with van der Waals surface area (Å²) in [5.74, 6) is 0.823. The Balaban J connectivity index is 1.68. The van der Waals surface area contributed by atoms with Crippen LogP contribution in [0.2, 0.25) is 5.02 Å². The van der Waals surface area contributed by atoms with Crippen molar-refractivity contribution in [2.24, 2.45) is 4.99 Å². The summed E-state index contributed by atoms with van der Waals surface area (Å²) in [6.07, 6.45) is 5.02. The molecule has 1 heterocycles. The first-order valence-corrected chi connectivity index (χ1v) is 7.45. The molecular weight excluding hydrogens is 284 g/mol. The average molecular weight is 305 g/mol. The molecule has 0 aliphatic carbocycles. The third-order valence-corrected chi connectivity index (χ3v) is 3.38. The molecule has 112 valence electrons. The summed E-state index contributed by atoms with van der Waals surface area (Å²) < 4.78 is 2.13. The van der Waals surface area contributed by atoms with E-state index in [9.17, 15) is 0 Å². The second kappa shape index (κ2) is 8.37. The topological polar surface area (TPSA) is 41.4 Å². The van der Waals surface area contributed by atoms with Gasteiger partial charge in [-0.25, -0.2) is 0 Å². The van der Waals surface area contributed by atoms with Crippen molar-refractivity contribution in [2.45, 2.75) is 13.0 Å². The molecule has 1 aromatic carbocycles. The highest BCUT2D eigenvalue weighted by Crippen LogP contribution is 2.10. The van der Waals surface area contributed by atoms with E-state index in [0.29, 0.717) is 0 Å². The van der Waals surface area contributed by atoms with E-state index in [-0.39, 0.29) is 0 Å². The third-order valence-electron chi connectivity index (χ3n) is 3.15. The molecule has 21 heavy (non-hydrogen) atoms. The summed E-state index contributed by atoms with van der Waals surface area (Å²) in [7, 11) is 1.78. The maximum absolute atomic E-state index is 5.97. The fourth-order valence-electron chi connectivity index (χ4n) is 2.06. The highest BCUT2D eigenvalue weighted by atomic mass is 35.5. The molecular formula is C16H21ClN4. The van der Waals surface area contributed by atoms with Gasteiger partial charge in [0.25, 0.3) is 0 Å². The molecule has 0 aliphatic heterocycles. The van der Waals surface area contributed by atoms with Gasteiger partial charge >= 0.3 is 0 Å². The van der Waals surface area contributed by atoms with Gasteiger partial charge < -0.3 is 15.2 Å². The number of hydrogen-bond donors (Lipinski definition) is 2. The molecule has 0 bridgehead atoms. The molecule has 0 aliphatic rings. The predicted molar refractivity (Wildman–Crippen MR) is 89.0 cm³/mol. The molecule has 0 saturated heterocycles. The van der Waals surface area contributed by atoms with Crippen molar-refractivity contribution in [1.29, 1.82) is 0 Å². The lowest BCUT2D eigenvalue weighted by Crippen LogP contribution is -2.39. The fraction of sp³-hybridized carbons (Fsp3) is 0.312. The number of halogens is 1. The summed E-state index contributed by atoms with van der Waals surface area (Å²) in [5, 5.41) is 7.38. The molecule has 0 radical (unpaired) electrons. The first kappa shape index (κ1) is 15.4. The van der Waals surface area contributed by atoms with Crippen LogP contribution in [-0.4, -0.2) is 30.7 Å². The molecule has 2 rings (SSSR count).